The van der Waals surface area contributed by atoms with Crippen LogP contribution >= 0.6 is 27.5 Å². The Balaban J connectivity index is 2.03. The van der Waals surface area contributed by atoms with Crippen LogP contribution in [0.4, 0.5) is 0 Å². The third-order valence-electron chi connectivity index (χ3n) is 3.07. The number of rotatable bonds is 4. The molecule has 20 heavy (non-hydrogen) atoms. The number of amides is 1. The number of hydrogen-bond acceptors (Lipinski definition) is 3. The van der Waals surface area contributed by atoms with Crippen molar-refractivity contribution in [2.24, 2.45) is 0 Å². The minimum atomic E-state index is -3.71. The number of hydrogen-bond donors (Lipinski definition) is 1. The SMILES string of the molecule is O=C(CNS(=O)(=O)c1ccc(Cl)c(Br)c1)N1CCCC1. The van der Waals surface area contributed by atoms with Crippen LogP contribution in [0.15, 0.2) is 27.6 Å². The van der Waals surface area contributed by atoms with Crippen molar-refractivity contribution in [1.82, 2.24) is 9.62 Å². The van der Waals surface area contributed by atoms with Gasteiger partial charge in [0.2, 0.25) is 15.9 Å². The highest BCUT2D eigenvalue weighted by Gasteiger charge is 2.21. The van der Waals surface area contributed by atoms with Gasteiger partial charge >= 0.3 is 0 Å². The number of sulfonamides is 1. The third-order valence-corrected chi connectivity index (χ3v) is 5.69. The largest absolute Gasteiger partial charge is 0.342 e. The number of halogens is 2. The van der Waals surface area contributed by atoms with Gasteiger partial charge in [-0.1, -0.05) is 11.6 Å². The molecule has 0 aliphatic carbocycles. The Kier molecular flexibility index (Phi) is 5.06. The molecule has 0 bridgehead atoms. The maximum Gasteiger partial charge on any atom is 0.241 e. The molecule has 1 aliphatic rings. The monoisotopic (exact) mass is 380 g/mol. The Morgan fingerprint density at radius 3 is 2.60 bits per heavy atom. The van der Waals surface area contributed by atoms with Crippen LogP contribution in [-0.2, 0) is 14.8 Å². The van der Waals surface area contributed by atoms with Crippen LogP contribution in [0.1, 0.15) is 12.8 Å². The van der Waals surface area contributed by atoms with Crippen LogP contribution in [0.5, 0.6) is 0 Å². The molecule has 1 fully saturated rings. The summed E-state index contributed by atoms with van der Waals surface area (Å²) in [6, 6.07) is 4.29. The van der Waals surface area contributed by atoms with E-state index in [1.807, 2.05) is 0 Å². The van der Waals surface area contributed by atoms with Gasteiger partial charge in [0, 0.05) is 17.6 Å². The molecule has 1 aromatic rings. The van der Waals surface area contributed by atoms with E-state index in [1.165, 1.54) is 18.2 Å². The molecule has 1 amide bonds. The summed E-state index contributed by atoms with van der Waals surface area (Å²) in [5, 5.41) is 0.428. The molecule has 1 N–H and O–H groups in total. The summed E-state index contributed by atoms with van der Waals surface area (Å²) in [5.41, 5.74) is 0. The Bertz CT molecular complexity index is 615. The topological polar surface area (TPSA) is 66.5 Å². The van der Waals surface area contributed by atoms with Gasteiger partial charge in [-0.05, 0) is 47.0 Å². The number of benzene rings is 1. The van der Waals surface area contributed by atoms with E-state index in [-0.39, 0.29) is 17.3 Å². The zero-order valence-corrected chi connectivity index (χ0v) is 13.8. The second-order valence-corrected chi connectivity index (χ2v) is 7.52. The van der Waals surface area contributed by atoms with Gasteiger partial charge in [0.15, 0.2) is 0 Å². The Labute approximate surface area is 131 Å². The first-order valence-electron chi connectivity index (χ1n) is 6.12. The van der Waals surface area contributed by atoms with E-state index in [2.05, 4.69) is 20.7 Å². The van der Waals surface area contributed by atoms with E-state index in [0.717, 1.165) is 12.8 Å². The minimum Gasteiger partial charge on any atom is -0.342 e. The summed E-state index contributed by atoms with van der Waals surface area (Å²) < 4.78 is 26.9. The lowest BCUT2D eigenvalue weighted by molar-refractivity contribution is -0.128. The summed E-state index contributed by atoms with van der Waals surface area (Å²) in [7, 11) is -3.71. The number of likely N-dealkylation sites (tertiary alicyclic amines) is 1. The molecule has 0 radical (unpaired) electrons. The van der Waals surface area contributed by atoms with Crippen LogP contribution in [-0.4, -0.2) is 38.9 Å². The highest BCUT2D eigenvalue weighted by atomic mass is 79.9. The summed E-state index contributed by atoms with van der Waals surface area (Å²) >= 11 is 8.99. The summed E-state index contributed by atoms with van der Waals surface area (Å²) in [6.07, 6.45) is 1.95. The Morgan fingerprint density at radius 2 is 2.00 bits per heavy atom. The number of nitrogens with zero attached hydrogens (tertiary/aromatic N) is 1. The number of carbonyl (C=O) groups is 1. The molecule has 110 valence electrons. The first-order chi connectivity index (χ1) is 9.40. The maximum atomic E-state index is 12.1. The summed E-state index contributed by atoms with van der Waals surface area (Å²) in [4.78, 5) is 13.6. The molecule has 0 aromatic heterocycles. The van der Waals surface area contributed by atoms with E-state index in [9.17, 15) is 13.2 Å². The van der Waals surface area contributed by atoms with Gasteiger partial charge < -0.3 is 4.90 Å². The molecule has 0 atom stereocenters. The predicted molar refractivity (Wildman–Crippen MR) is 80.2 cm³/mol. The second-order valence-electron chi connectivity index (χ2n) is 4.49. The van der Waals surface area contributed by atoms with E-state index >= 15 is 0 Å². The predicted octanol–water partition coefficient (Wildman–Crippen LogP) is 2.00. The zero-order valence-electron chi connectivity index (χ0n) is 10.6. The molecule has 5 nitrogen and oxygen atoms in total. The molecule has 0 unspecified atom stereocenters. The standard InChI is InChI=1S/C12H14BrClN2O3S/c13-10-7-9(3-4-11(10)14)20(18,19)15-8-12(17)16-5-1-2-6-16/h3-4,7,15H,1-2,5-6,8H2. The van der Waals surface area contributed by atoms with E-state index in [1.54, 1.807) is 4.90 Å². The lowest BCUT2D eigenvalue weighted by Crippen LogP contribution is -2.38. The lowest BCUT2D eigenvalue weighted by atomic mass is 10.4. The van der Waals surface area contributed by atoms with Gasteiger partial charge in [0.1, 0.15) is 0 Å². The quantitative estimate of drug-likeness (QED) is 0.867. The molecule has 2 rings (SSSR count). The summed E-state index contributed by atoms with van der Waals surface area (Å²) in [5.74, 6) is -0.195. The number of carbonyl (C=O) groups excluding carboxylic acids is 1. The van der Waals surface area contributed by atoms with Crippen LogP contribution in [0.2, 0.25) is 5.02 Å². The van der Waals surface area contributed by atoms with Crippen molar-refractivity contribution in [3.8, 4) is 0 Å². The minimum absolute atomic E-state index is 0.0722. The highest BCUT2D eigenvalue weighted by molar-refractivity contribution is 9.10. The molecule has 8 heteroatoms. The normalized spacial score (nSPS) is 15.6. The molecule has 0 saturated carbocycles. The lowest BCUT2D eigenvalue weighted by Gasteiger charge is -2.15. The fourth-order valence-corrected chi connectivity index (χ4v) is 3.61. The maximum absolute atomic E-state index is 12.1. The van der Waals surface area contributed by atoms with E-state index < -0.39 is 10.0 Å². The van der Waals surface area contributed by atoms with Crippen LogP contribution in [0.3, 0.4) is 0 Å². The van der Waals surface area contributed by atoms with Gasteiger partial charge in [-0.3, -0.25) is 4.79 Å². The smallest absolute Gasteiger partial charge is 0.241 e. The third kappa shape index (κ3) is 3.72. The second kappa shape index (κ2) is 6.43. The van der Waals surface area contributed by atoms with Crippen LogP contribution < -0.4 is 4.72 Å². The molecular formula is C12H14BrClN2O3S. The van der Waals surface area contributed by atoms with Gasteiger partial charge in [-0.25, -0.2) is 13.1 Å². The van der Waals surface area contributed by atoms with Gasteiger partial charge in [-0.15, -0.1) is 0 Å². The molecule has 0 spiro atoms. The van der Waals surface area contributed by atoms with Crippen molar-refractivity contribution in [3.63, 3.8) is 0 Å². The molecule has 1 saturated heterocycles. The van der Waals surface area contributed by atoms with E-state index in [0.29, 0.717) is 22.6 Å². The fraction of sp³-hybridized carbons (Fsp3) is 0.417. The zero-order chi connectivity index (χ0) is 14.8. The fourth-order valence-electron chi connectivity index (χ4n) is 1.96. The van der Waals surface area contributed by atoms with E-state index in [4.69, 9.17) is 11.6 Å². The average Bonchev–Trinajstić information content (AvgIpc) is 2.93. The molecule has 1 heterocycles. The van der Waals surface area contributed by atoms with Gasteiger partial charge in [0.05, 0.1) is 16.5 Å². The van der Waals surface area contributed by atoms with Crippen molar-refractivity contribution in [3.05, 3.63) is 27.7 Å². The molecule has 1 aliphatic heterocycles. The van der Waals surface area contributed by atoms with Crippen molar-refractivity contribution in [2.75, 3.05) is 19.6 Å². The van der Waals surface area contributed by atoms with Crippen molar-refractivity contribution >= 4 is 43.5 Å². The highest BCUT2D eigenvalue weighted by Crippen LogP contribution is 2.25. The molecular weight excluding hydrogens is 368 g/mol. The van der Waals surface area contributed by atoms with Crippen molar-refractivity contribution in [2.45, 2.75) is 17.7 Å². The van der Waals surface area contributed by atoms with Crippen molar-refractivity contribution < 1.29 is 13.2 Å². The van der Waals surface area contributed by atoms with Crippen molar-refractivity contribution in [1.29, 1.82) is 0 Å². The van der Waals surface area contributed by atoms with Crippen LogP contribution in [0.25, 0.3) is 0 Å². The average molecular weight is 382 g/mol. The molecule has 1 aromatic carbocycles. The Hall–Kier alpha value is -0.630. The Morgan fingerprint density at radius 1 is 1.35 bits per heavy atom. The van der Waals surface area contributed by atoms with Gasteiger partial charge in [0.25, 0.3) is 0 Å². The first-order valence-corrected chi connectivity index (χ1v) is 8.78. The van der Waals surface area contributed by atoms with Gasteiger partial charge in [-0.2, -0.15) is 0 Å². The van der Waals surface area contributed by atoms with Crippen LogP contribution in [0, 0.1) is 0 Å². The first kappa shape index (κ1) is 15.8. The summed E-state index contributed by atoms with van der Waals surface area (Å²) in [6.45, 7) is 1.18. The number of nitrogens with one attached hydrogen (secondary N) is 1.